The second-order valence-electron chi connectivity index (χ2n) is 22.6. The fraction of sp³-hybridized carbons (Fsp3) is 0.444. The molecule has 7 rings (SSSR count). The Labute approximate surface area is 518 Å². The summed E-state index contributed by atoms with van der Waals surface area (Å²) in [5.74, 6) is 0. The number of fused-ring (bicyclic) bond motifs is 1. The number of hydrogen-bond acceptors (Lipinski definition) is 10. The summed E-state index contributed by atoms with van der Waals surface area (Å²) in [5.41, 5.74) is 12.2. The van der Waals surface area contributed by atoms with Crippen LogP contribution in [0.25, 0.3) is 10.8 Å². The molecule has 0 spiro atoms. The quantitative estimate of drug-likeness (QED) is 0.0363. The first-order chi connectivity index (χ1) is 41.6. The Kier molecular flexibility index (Phi) is 28.1. The molecule has 0 fully saturated rings. The Morgan fingerprint density at radius 3 is 0.570 bits per heavy atom. The van der Waals surface area contributed by atoms with Gasteiger partial charge in [0.05, 0.1) is 0 Å². The van der Waals surface area contributed by atoms with Gasteiger partial charge in [0, 0.05) is 120 Å². The minimum atomic E-state index is -4.47. The van der Waals surface area contributed by atoms with Crippen LogP contribution in [0.15, 0.2) is 168 Å². The first-order valence-corrected chi connectivity index (χ1v) is 35.1. The molecule has 0 atom stereocenters. The van der Waals surface area contributed by atoms with E-state index in [-0.39, 0.29) is 10.8 Å². The van der Waals surface area contributed by atoms with E-state index in [2.05, 4.69) is 206 Å². The number of hydrogen-bond donors (Lipinski definition) is 2. The Balaban J connectivity index is 0.000000556. The monoisotopic (exact) mass is 1210 g/mol. The second kappa shape index (κ2) is 35.3. The van der Waals surface area contributed by atoms with Crippen molar-refractivity contribution in [1.29, 1.82) is 0 Å². The molecule has 0 radical (unpaired) electrons. The van der Waals surface area contributed by atoms with Crippen LogP contribution in [0.5, 0.6) is 0 Å². The highest BCUT2D eigenvalue weighted by Gasteiger charge is 2.21. The van der Waals surface area contributed by atoms with Crippen LogP contribution in [0.2, 0.25) is 0 Å². The average Bonchev–Trinajstić information content (AvgIpc) is 1.31. The molecule has 0 heterocycles. The summed E-state index contributed by atoms with van der Waals surface area (Å²) in [7, 11) is -8.94. The van der Waals surface area contributed by atoms with Crippen LogP contribution in [-0.2, 0) is 20.2 Å². The van der Waals surface area contributed by atoms with Gasteiger partial charge in [-0.2, -0.15) is 16.8 Å². The molecule has 0 aliphatic heterocycles. The van der Waals surface area contributed by atoms with Gasteiger partial charge in [0.1, 0.15) is 9.79 Å². The number of rotatable bonds is 36. The van der Waals surface area contributed by atoms with Gasteiger partial charge in [0.25, 0.3) is 20.2 Å². The topological polar surface area (TPSA) is 128 Å². The standard InChI is InChI=1S/C62H92N6.C10H8O6S2/c1-9-17-45-63(46-18-10-2)53-25-33-57(34-26-53)67(58-35-27-54(28-36-58)64(47-19-11-3)48-20-12-4)61-41-43-62(44-42-61)68(59-37-29-55(30-38-59)65(49-21-13-5)50-22-14-6)60-39-31-56(32-40-60)66(51-23-15-7)52-24-16-8;11-17(12,13)9-5-1-3-7-8(9)4-2-6-10(7)18(14,15)16/h25-44H,9-24,45-52H2,1-8H3;1-6H,(H,11,12,13)(H,14,15,16). The van der Waals surface area contributed by atoms with Crippen LogP contribution in [0.1, 0.15) is 158 Å². The van der Waals surface area contributed by atoms with E-state index in [1.54, 1.807) is 0 Å². The van der Waals surface area contributed by atoms with Crippen molar-refractivity contribution < 1.29 is 25.9 Å². The maximum absolute atomic E-state index is 11.2. The molecule has 2 N–H and O–H groups in total. The van der Waals surface area contributed by atoms with Gasteiger partial charge >= 0.3 is 0 Å². The highest BCUT2D eigenvalue weighted by atomic mass is 32.2. The summed E-state index contributed by atoms with van der Waals surface area (Å²) < 4.78 is 62.7. The van der Waals surface area contributed by atoms with Crippen molar-refractivity contribution in [2.75, 3.05) is 81.8 Å². The summed E-state index contributed by atoms with van der Waals surface area (Å²) in [5, 5.41) is 0.0465. The van der Waals surface area contributed by atoms with Crippen molar-refractivity contribution in [3.63, 3.8) is 0 Å². The SMILES string of the molecule is CCCCN(CCCC)c1ccc(N(c2ccc(N(CCCC)CCCC)cc2)c2ccc(N(c3ccc(N(CCCC)CCCC)cc3)c3ccc(N(CCCC)CCCC)cc3)cc2)cc1.O=S(=O)(O)c1cccc2c(S(=O)(=O)O)cccc12. The van der Waals surface area contributed by atoms with Crippen LogP contribution >= 0.6 is 0 Å². The lowest BCUT2D eigenvalue weighted by Gasteiger charge is -2.31. The molecule has 466 valence electrons. The number of nitrogens with zero attached hydrogens (tertiary/aromatic N) is 6. The van der Waals surface area contributed by atoms with Gasteiger partial charge in [-0.3, -0.25) is 9.11 Å². The number of unbranched alkanes of at least 4 members (excludes halogenated alkanes) is 8. The zero-order valence-corrected chi connectivity index (χ0v) is 54.6. The Hall–Kier alpha value is -6.58. The zero-order valence-electron chi connectivity index (χ0n) is 53.0. The molecule has 0 aliphatic carbocycles. The molecule has 0 aliphatic rings. The molecule has 0 amide bonds. The molecule has 86 heavy (non-hydrogen) atoms. The fourth-order valence-corrected chi connectivity index (χ4v) is 12.3. The lowest BCUT2D eigenvalue weighted by molar-refractivity contribution is 0.481. The minimum absolute atomic E-state index is 0.0233. The van der Waals surface area contributed by atoms with Crippen molar-refractivity contribution in [2.45, 2.75) is 168 Å². The Morgan fingerprint density at radius 1 is 0.256 bits per heavy atom. The first kappa shape index (κ1) is 68.5. The molecule has 14 heteroatoms. The number of benzene rings is 7. The molecule has 0 bridgehead atoms. The van der Waals surface area contributed by atoms with Gasteiger partial charge in [-0.05, 0) is 185 Å². The molecule has 0 saturated carbocycles. The summed E-state index contributed by atoms with van der Waals surface area (Å²) in [4.78, 5) is 14.4. The van der Waals surface area contributed by atoms with Crippen LogP contribution < -0.4 is 29.4 Å². The lowest BCUT2D eigenvalue weighted by atomic mass is 10.1. The van der Waals surface area contributed by atoms with Crippen LogP contribution in [0, 0.1) is 0 Å². The van der Waals surface area contributed by atoms with E-state index in [4.69, 9.17) is 9.11 Å². The highest BCUT2D eigenvalue weighted by molar-refractivity contribution is 7.86. The third kappa shape index (κ3) is 19.7. The van der Waals surface area contributed by atoms with E-state index in [0.717, 1.165) is 75.9 Å². The predicted molar refractivity (Wildman–Crippen MR) is 368 cm³/mol. The predicted octanol–water partition coefficient (Wildman–Crippen LogP) is 19.6. The highest BCUT2D eigenvalue weighted by Crippen LogP contribution is 2.41. The van der Waals surface area contributed by atoms with Gasteiger partial charge in [0.15, 0.2) is 0 Å². The van der Waals surface area contributed by atoms with Gasteiger partial charge in [-0.25, -0.2) is 0 Å². The first-order valence-electron chi connectivity index (χ1n) is 32.2. The van der Waals surface area contributed by atoms with E-state index in [1.807, 2.05) is 0 Å². The zero-order chi connectivity index (χ0) is 61.9. The van der Waals surface area contributed by atoms with E-state index in [1.165, 1.54) is 172 Å². The van der Waals surface area contributed by atoms with Gasteiger partial charge in [-0.1, -0.05) is 131 Å². The summed E-state index contributed by atoms with van der Waals surface area (Å²) in [6, 6.07) is 54.3. The van der Waals surface area contributed by atoms with E-state index in [0.29, 0.717) is 0 Å². The van der Waals surface area contributed by atoms with Crippen molar-refractivity contribution >= 4 is 87.9 Å². The molecule has 0 unspecified atom stereocenters. The fourth-order valence-electron chi connectivity index (χ4n) is 10.9. The van der Waals surface area contributed by atoms with E-state index >= 15 is 0 Å². The summed E-state index contributed by atoms with van der Waals surface area (Å²) in [6.07, 6.45) is 19.3. The van der Waals surface area contributed by atoms with Gasteiger partial charge < -0.3 is 29.4 Å². The molecular formula is C72H100N6O6S2. The molecular weight excluding hydrogens is 1110 g/mol. The van der Waals surface area contributed by atoms with E-state index < -0.39 is 30.0 Å². The van der Waals surface area contributed by atoms with Gasteiger partial charge in [0.2, 0.25) is 0 Å². The van der Waals surface area contributed by atoms with Crippen molar-refractivity contribution in [3.8, 4) is 0 Å². The minimum Gasteiger partial charge on any atom is -0.372 e. The Bertz CT molecular complexity index is 2910. The average molecular weight is 1210 g/mol. The molecule has 12 nitrogen and oxygen atoms in total. The molecule has 0 saturated heterocycles. The van der Waals surface area contributed by atoms with Crippen molar-refractivity contribution in [3.05, 3.63) is 158 Å². The maximum Gasteiger partial charge on any atom is 0.295 e. The van der Waals surface area contributed by atoms with Gasteiger partial charge in [-0.15, -0.1) is 0 Å². The largest absolute Gasteiger partial charge is 0.372 e. The summed E-state index contributed by atoms with van der Waals surface area (Å²) >= 11 is 0. The smallest absolute Gasteiger partial charge is 0.295 e. The van der Waals surface area contributed by atoms with Crippen molar-refractivity contribution in [2.24, 2.45) is 0 Å². The molecule has 0 aromatic heterocycles. The lowest BCUT2D eigenvalue weighted by Crippen LogP contribution is -2.25. The Morgan fingerprint density at radius 2 is 0.419 bits per heavy atom. The third-order valence-corrected chi connectivity index (χ3v) is 17.7. The van der Waals surface area contributed by atoms with Crippen LogP contribution in [-0.4, -0.2) is 78.3 Å². The molecule has 7 aromatic rings. The second-order valence-corrected chi connectivity index (χ2v) is 25.4. The summed E-state index contributed by atoms with van der Waals surface area (Å²) in [6.45, 7) is 27.1. The normalized spacial score (nSPS) is 11.5. The van der Waals surface area contributed by atoms with Crippen LogP contribution in [0.3, 0.4) is 0 Å². The third-order valence-electron chi connectivity index (χ3n) is 15.9. The van der Waals surface area contributed by atoms with Crippen molar-refractivity contribution in [1.82, 2.24) is 0 Å². The number of anilines is 10. The molecule has 7 aromatic carbocycles. The maximum atomic E-state index is 11.2. The van der Waals surface area contributed by atoms with Crippen LogP contribution in [0.4, 0.5) is 56.9 Å². The van der Waals surface area contributed by atoms with E-state index in [9.17, 15) is 16.8 Å².